The Bertz CT molecular complexity index is 248. The van der Waals surface area contributed by atoms with Crippen LogP contribution in [0.5, 0.6) is 0 Å². The summed E-state index contributed by atoms with van der Waals surface area (Å²) in [5, 5.41) is 0. The Morgan fingerprint density at radius 1 is 1.10 bits per heavy atom. The highest BCUT2D eigenvalue weighted by Gasteiger charge is 2.18. The van der Waals surface area contributed by atoms with Crippen molar-refractivity contribution < 1.29 is 4.79 Å². The van der Waals surface area contributed by atoms with Crippen LogP contribution in [0.3, 0.4) is 0 Å². The van der Waals surface area contributed by atoms with E-state index >= 15 is 0 Å². The maximum absolute atomic E-state index is 12.4. The molecule has 1 unspecified atom stereocenters. The highest BCUT2D eigenvalue weighted by Crippen LogP contribution is 2.10. The lowest BCUT2D eigenvalue weighted by Crippen LogP contribution is -2.41. The molecule has 0 radical (unpaired) electrons. The van der Waals surface area contributed by atoms with Gasteiger partial charge in [-0.2, -0.15) is 0 Å². The molecule has 0 spiro atoms. The Hall–Kier alpha value is -0.610. The number of likely N-dealkylation sites (N-methyl/N-ethyl adjacent to an activating group) is 1. The van der Waals surface area contributed by atoms with E-state index in [1.165, 1.54) is 0 Å². The predicted molar refractivity (Wildman–Crippen MR) is 86.7 cm³/mol. The maximum atomic E-state index is 12.4. The molecule has 0 saturated carbocycles. The van der Waals surface area contributed by atoms with Gasteiger partial charge < -0.3 is 15.5 Å². The second kappa shape index (κ2) is 11.1. The van der Waals surface area contributed by atoms with E-state index in [1.54, 1.807) is 0 Å². The fraction of sp³-hybridized carbons (Fsp3) is 0.938. The van der Waals surface area contributed by atoms with Crippen molar-refractivity contribution in [2.75, 3.05) is 39.3 Å². The topological polar surface area (TPSA) is 49.6 Å². The molecule has 0 aliphatic rings. The molecule has 20 heavy (non-hydrogen) atoms. The zero-order valence-corrected chi connectivity index (χ0v) is 14.2. The van der Waals surface area contributed by atoms with E-state index in [4.69, 9.17) is 5.73 Å². The van der Waals surface area contributed by atoms with Crippen LogP contribution in [0.2, 0.25) is 0 Å². The lowest BCUT2D eigenvalue weighted by molar-refractivity contribution is -0.133. The summed E-state index contributed by atoms with van der Waals surface area (Å²) in [6.07, 6.45) is 1.58. The molecule has 1 atom stereocenters. The van der Waals surface area contributed by atoms with E-state index in [0.29, 0.717) is 24.8 Å². The number of amides is 1. The number of carbonyl (C=O) groups excluding carboxylic acids is 1. The number of carbonyl (C=O) groups is 1. The summed E-state index contributed by atoms with van der Waals surface area (Å²) in [7, 11) is 0. The summed E-state index contributed by atoms with van der Waals surface area (Å²) in [4.78, 5) is 16.8. The minimum absolute atomic E-state index is 0.267. The highest BCUT2D eigenvalue weighted by atomic mass is 16.2. The molecule has 0 rings (SSSR count). The van der Waals surface area contributed by atoms with Gasteiger partial charge in [0.1, 0.15) is 0 Å². The molecular formula is C16H35N3O. The summed E-state index contributed by atoms with van der Waals surface area (Å²) >= 11 is 0. The third-order valence-corrected chi connectivity index (χ3v) is 3.89. The first-order chi connectivity index (χ1) is 9.48. The van der Waals surface area contributed by atoms with Gasteiger partial charge in [0.05, 0.1) is 0 Å². The molecule has 0 saturated heterocycles. The van der Waals surface area contributed by atoms with Crippen LogP contribution in [0.25, 0.3) is 0 Å². The van der Waals surface area contributed by atoms with Crippen molar-refractivity contribution >= 4 is 5.91 Å². The third kappa shape index (κ3) is 7.85. The molecule has 0 fully saturated rings. The van der Waals surface area contributed by atoms with Crippen LogP contribution < -0.4 is 5.73 Å². The summed E-state index contributed by atoms with van der Waals surface area (Å²) in [5.41, 5.74) is 5.72. The van der Waals surface area contributed by atoms with Gasteiger partial charge in [-0.1, -0.05) is 41.0 Å². The number of rotatable bonds is 11. The van der Waals surface area contributed by atoms with Crippen molar-refractivity contribution in [3.05, 3.63) is 0 Å². The molecule has 2 N–H and O–H groups in total. The molecule has 0 aromatic carbocycles. The van der Waals surface area contributed by atoms with Gasteiger partial charge in [-0.3, -0.25) is 4.79 Å². The Balaban J connectivity index is 4.49. The molecule has 0 heterocycles. The summed E-state index contributed by atoms with van der Waals surface area (Å²) in [6.45, 7) is 16.1. The average molecular weight is 285 g/mol. The fourth-order valence-corrected chi connectivity index (χ4v) is 2.33. The number of hydrogen-bond acceptors (Lipinski definition) is 3. The molecule has 0 aliphatic heterocycles. The average Bonchev–Trinajstić information content (AvgIpc) is 2.43. The third-order valence-electron chi connectivity index (χ3n) is 3.89. The van der Waals surface area contributed by atoms with Crippen molar-refractivity contribution in [3.63, 3.8) is 0 Å². The standard InChI is InChI=1S/C16H35N3O/c1-6-15(12-17)11-16(20)19(13-14(4)5)10-9-18(7-2)8-3/h14-15H,6-13,17H2,1-5H3. The minimum atomic E-state index is 0.267. The Morgan fingerprint density at radius 3 is 2.10 bits per heavy atom. The van der Waals surface area contributed by atoms with Gasteiger partial charge >= 0.3 is 0 Å². The van der Waals surface area contributed by atoms with Crippen molar-refractivity contribution in [1.29, 1.82) is 0 Å². The molecule has 0 aliphatic carbocycles. The maximum Gasteiger partial charge on any atom is 0.222 e. The second-order valence-electron chi connectivity index (χ2n) is 5.97. The quantitative estimate of drug-likeness (QED) is 0.633. The Labute approximate surface area is 125 Å². The minimum Gasteiger partial charge on any atom is -0.341 e. The van der Waals surface area contributed by atoms with Gasteiger partial charge in [-0.25, -0.2) is 0 Å². The second-order valence-corrected chi connectivity index (χ2v) is 5.97. The van der Waals surface area contributed by atoms with Crippen molar-refractivity contribution in [2.24, 2.45) is 17.6 Å². The Kier molecular flexibility index (Phi) is 10.8. The first kappa shape index (κ1) is 19.4. The van der Waals surface area contributed by atoms with Crippen LogP contribution in [0.4, 0.5) is 0 Å². The van der Waals surface area contributed by atoms with Crippen LogP contribution >= 0.6 is 0 Å². The van der Waals surface area contributed by atoms with Crippen LogP contribution in [0.1, 0.15) is 47.5 Å². The number of hydrogen-bond donors (Lipinski definition) is 1. The van der Waals surface area contributed by atoms with E-state index in [2.05, 4.69) is 39.5 Å². The molecular weight excluding hydrogens is 250 g/mol. The van der Waals surface area contributed by atoms with Gasteiger partial charge in [0.15, 0.2) is 0 Å². The van der Waals surface area contributed by atoms with E-state index in [-0.39, 0.29) is 5.91 Å². The molecule has 120 valence electrons. The predicted octanol–water partition coefficient (Wildman–Crippen LogP) is 2.19. The zero-order valence-electron chi connectivity index (χ0n) is 14.2. The fourth-order valence-electron chi connectivity index (χ4n) is 2.33. The van der Waals surface area contributed by atoms with E-state index in [9.17, 15) is 4.79 Å². The highest BCUT2D eigenvalue weighted by molar-refractivity contribution is 5.76. The summed E-state index contributed by atoms with van der Waals surface area (Å²) in [6, 6.07) is 0. The van der Waals surface area contributed by atoms with E-state index in [0.717, 1.165) is 39.1 Å². The van der Waals surface area contributed by atoms with Gasteiger partial charge in [0.25, 0.3) is 0 Å². The summed E-state index contributed by atoms with van der Waals surface area (Å²) < 4.78 is 0. The van der Waals surface area contributed by atoms with Gasteiger partial charge in [0.2, 0.25) is 5.91 Å². The molecule has 0 aromatic heterocycles. The molecule has 1 amide bonds. The van der Waals surface area contributed by atoms with Gasteiger partial charge in [0, 0.05) is 26.1 Å². The largest absolute Gasteiger partial charge is 0.341 e. The van der Waals surface area contributed by atoms with Crippen LogP contribution in [0, 0.1) is 11.8 Å². The molecule has 0 aromatic rings. The van der Waals surface area contributed by atoms with Crippen molar-refractivity contribution in [3.8, 4) is 0 Å². The monoisotopic (exact) mass is 285 g/mol. The molecule has 0 bridgehead atoms. The lowest BCUT2D eigenvalue weighted by Gasteiger charge is -2.29. The normalized spacial score (nSPS) is 13.0. The van der Waals surface area contributed by atoms with Crippen LogP contribution in [0.15, 0.2) is 0 Å². The lowest BCUT2D eigenvalue weighted by atomic mass is 10.0. The number of nitrogens with two attached hydrogens (primary N) is 1. The SMILES string of the molecule is CCC(CN)CC(=O)N(CCN(CC)CC)CC(C)C. The Morgan fingerprint density at radius 2 is 1.70 bits per heavy atom. The molecule has 4 heteroatoms. The van der Waals surface area contributed by atoms with Crippen LogP contribution in [-0.2, 0) is 4.79 Å². The van der Waals surface area contributed by atoms with Gasteiger partial charge in [-0.15, -0.1) is 0 Å². The van der Waals surface area contributed by atoms with Crippen LogP contribution in [-0.4, -0.2) is 55.0 Å². The first-order valence-electron chi connectivity index (χ1n) is 8.18. The number of nitrogens with zero attached hydrogens (tertiary/aromatic N) is 2. The zero-order chi connectivity index (χ0) is 15.5. The van der Waals surface area contributed by atoms with E-state index in [1.807, 2.05) is 4.90 Å². The molecule has 4 nitrogen and oxygen atoms in total. The van der Waals surface area contributed by atoms with E-state index < -0.39 is 0 Å². The first-order valence-corrected chi connectivity index (χ1v) is 8.18. The smallest absolute Gasteiger partial charge is 0.222 e. The van der Waals surface area contributed by atoms with Crippen molar-refractivity contribution in [1.82, 2.24) is 9.80 Å². The van der Waals surface area contributed by atoms with Gasteiger partial charge in [-0.05, 0) is 31.5 Å². The van der Waals surface area contributed by atoms with Crippen molar-refractivity contribution in [2.45, 2.75) is 47.5 Å². The summed E-state index contributed by atoms with van der Waals surface area (Å²) in [5.74, 6) is 1.10.